The van der Waals surface area contributed by atoms with Gasteiger partial charge in [0.2, 0.25) is 12.7 Å². The number of fused-ring (bicyclic) bond motifs is 1. The first kappa shape index (κ1) is 15.4. The Morgan fingerprint density at radius 2 is 2.05 bits per heavy atom. The largest absolute Gasteiger partial charge is 0.454 e. The number of carbonyl (C=O) groups excluding carboxylic acids is 1. The molecule has 0 aliphatic carbocycles. The van der Waals surface area contributed by atoms with Crippen LogP contribution >= 0.6 is 34.9 Å². The summed E-state index contributed by atoms with van der Waals surface area (Å²) in [6, 6.07) is 5.33. The van der Waals surface area contributed by atoms with Gasteiger partial charge in [-0.25, -0.2) is 0 Å². The third-order valence-electron chi connectivity index (χ3n) is 2.64. The summed E-state index contributed by atoms with van der Waals surface area (Å²) in [5.74, 6) is 2.51. The van der Waals surface area contributed by atoms with Crippen molar-refractivity contribution in [3.05, 3.63) is 18.2 Å². The number of ether oxygens (including phenoxy) is 2. The van der Waals surface area contributed by atoms with Crippen LogP contribution in [-0.4, -0.2) is 34.4 Å². The molecule has 9 heteroatoms. The molecule has 22 heavy (non-hydrogen) atoms. The zero-order chi connectivity index (χ0) is 15.4. The van der Waals surface area contributed by atoms with Gasteiger partial charge in [0.25, 0.3) is 0 Å². The van der Waals surface area contributed by atoms with Crippen molar-refractivity contribution >= 4 is 46.5 Å². The minimum absolute atomic E-state index is 0.0937. The molecule has 1 N–H and O–H groups in total. The van der Waals surface area contributed by atoms with Crippen LogP contribution in [0.5, 0.6) is 11.5 Å². The van der Waals surface area contributed by atoms with E-state index < -0.39 is 0 Å². The fourth-order valence-electron chi connectivity index (χ4n) is 1.74. The van der Waals surface area contributed by atoms with Gasteiger partial charge in [0.05, 0.1) is 5.75 Å². The van der Waals surface area contributed by atoms with Gasteiger partial charge in [-0.1, -0.05) is 41.8 Å². The molecule has 0 spiro atoms. The molecule has 1 aliphatic rings. The number of nitrogens with zero attached hydrogens (tertiary/aromatic N) is 2. The van der Waals surface area contributed by atoms with Crippen molar-refractivity contribution in [1.29, 1.82) is 0 Å². The number of benzene rings is 1. The molecule has 1 aromatic heterocycles. The van der Waals surface area contributed by atoms with Crippen LogP contribution in [0.25, 0.3) is 0 Å². The molecule has 2 aromatic rings. The zero-order valence-corrected chi connectivity index (χ0v) is 14.1. The Balaban J connectivity index is 1.51. The second kappa shape index (κ2) is 7.21. The zero-order valence-electron chi connectivity index (χ0n) is 11.7. The molecule has 0 bridgehead atoms. The van der Waals surface area contributed by atoms with E-state index in [4.69, 9.17) is 9.47 Å². The summed E-state index contributed by atoms with van der Waals surface area (Å²) in [7, 11) is 0. The first-order chi connectivity index (χ1) is 10.7. The first-order valence-electron chi connectivity index (χ1n) is 6.53. The van der Waals surface area contributed by atoms with Gasteiger partial charge >= 0.3 is 0 Å². The number of nitrogens with one attached hydrogen (secondary N) is 1. The summed E-state index contributed by atoms with van der Waals surface area (Å²) >= 11 is 4.54. The number of rotatable bonds is 6. The lowest BCUT2D eigenvalue weighted by Gasteiger charge is -2.05. The van der Waals surface area contributed by atoms with Crippen molar-refractivity contribution in [3.8, 4) is 11.5 Å². The maximum Gasteiger partial charge on any atom is 0.234 e. The highest BCUT2D eigenvalue weighted by molar-refractivity contribution is 8.03. The smallest absolute Gasteiger partial charge is 0.234 e. The number of anilines is 1. The van der Waals surface area contributed by atoms with Gasteiger partial charge in [-0.2, -0.15) is 0 Å². The van der Waals surface area contributed by atoms with E-state index in [0.717, 1.165) is 14.4 Å². The molecule has 0 radical (unpaired) electrons. The van der Waals surface area contributed by atoms with Gasteiger partial charge in [0.1, 0.15) is 0 Å². The number of aromatic nitrogens is 2. The van der Waals surface area contributed by atoms with Crippen molar-refractivity contribution in [2.45, 2.75) is 15.6 Å². The maximum absolute atomic E-state index is 12.0. The molecule has 2 heterocycles. The minimum atomic E-state index is -0.0937. The number of thioether (sulfide) groups is 2. The lowest BCUT2D eigenvalue weighted by molar-refractivity contribution is -0.113. The van der Waals surface area contributed by atoms with E-state index in [1.807, 2.05) is 0 Å². The molecule has 116 valence electrons. The van der Waals surface area contributed by atoms with Crippen molar-refractivity contribution in [2.75, 3.05) is 23.6 Å². The summed E-state index contributed by atoms with van der Waals surface area (Å²) < 4.78 is 12.2. The van der Waals surface area contributed by atoms with Crippen molar-refractivity contribution < 1.29 is 14.3 Å². The van der Waals surface area contributed by atoms with E-state index in [9.17, 15) is 4.79 Å². The molecule has 0 saturated carbocycles. The van der Waals surface area contributed by atoms with Crippen molar-refractivity contribution in [3.63, 3.8) is 0 Å². The Morgan fingerprint density at radius 3 is 2.86 bits per heavy atom. The quantitative estimate of drug-likeness (QED) is 0.798. The SMILES string of the molecule is CCSc1nnc(SCC(=O)Nc2ccc3c(c2)OCO3)s1. The summed E-state index contributed by atoms with van der Waals surface area (Å²) in [6.45, 7) is 2.29. The Hall–Kier alpha value is -1.45. The number of carbonyl (C=O) groups is 1. The number of hydrogen-bond donors (Lipinski definition) is 1. The fourth-order valence-corrected chi connectivity index (χ4v) is 4.45. The average molecular weight is 355 g/mol. The highest BCUT2D eigenvalue weighted by Gasteiger charge is 2.14. The van der Waals surface area contributed by atoms with Crippen LogP contribution in [0.1, 0.15) is 6.92 Å². The van der Waals surface area contributed by atoms with Crippen LogP contribution in [0.2, 0.25) is 0 Å². The van der Waals surface area contributed by atoms with Gasteiger partial charge in [-0.3, -0.25) is 4.79 Å². The lowest BCUT2D eigenvalue weighted by Crippen LogP contribution is -2.13. The third kappa shape index (κ3) is 3.84. The Labute approximate surface area is 140 Å². The Kier molecular flexibility index (Phi) is 5.06. The van der Waals surface area contributed by atoms with E-state index in [-0.39, 0.29) is 12.7 Å². The van der Waals surface area contributed by atoms with Crippen LogP contribution in [-0.2, 0) is 4.79 Å². The van der Waals surface area contributed by atoms with Crippen LogP contribution in [0.15, 0.2) is 26.9 Å². The van der Waals surface area contributed by atoms with Gasteiger partial charge < -0.3 is 14.8 Å². The van der Waals surface area contributed by atoms with E-state index in [1.165, 1.54) is 23.1 Å². The maximum atomic E-state index is 12.0. The van der Waals surface area contributed by atoms with Gasteiger partial charge in [0, 0.05) is 11.8 Å². The summed E-state index contributed by atoms with van der Waals surface area (Å²) in [4.78, 5) is 12.0. The van der Waals surface area contributed by atoms with Gasteiger partial charge in [0.15, 0.2) is 20.2 Å². The Bertz CT molecular complexity index is 678. The summed E-state index contributed by atoms with van der Waals surface area (Å²) in [5, 5.41) is 10.9. The summed E-state index contributed by atoms with van der Waals surface area (Å²) in [5.41, 5.74) is 0.689. The molecular weight excluding hydrogens is 342 g/mol. The van der Waals surface area contributed by atoms with E-state index in [1.54, 1.807) is 30.0 Å². The summed E-state index contributed by atoms with van der Waals surface area (Å²) in [6.07, 6.45) is 0. The molecule has 0 saturated heterocycles. The lowest BCUT2D eigenvalue weighted by atomic mass is 10.3. The van der Waals surface area contributed by atoms with Crippen LogP contribution in [0.4, 0.5) is 5.69 Å². The van der Waals surface area contributed by atoms with E-state index in [2.05, 4.69) is 22.4 Å². The van der Waals surface area contributed by atoms with Gasteiger partial charge in [-0.05, 0) is 17.9 Å². The third-order valence-corrected chi connectivity index (χ3v) is 5.71. The fraction of sp³-hybridized carbons (Fsp3) is 0.308. The van der Waals surface area contributed by atoms with E-state index >= 15 is 0 Å². The second-order valence-corrected chi connectivity index (χ2v) is 7.88. The van der Waals surface area contributed by atoms with Crippen molar-refractivity contribution in [1.82, 2.24) is 10.2 Å². The van der Waals surface area contributed by atoms with E-state index in [0.29, 0.717) is 22.9 Å². The molecule has 1 amide bonds. The molecule has 0 unspecified atom stereocenters. The number of hydrogen-bond acceptors (Lipinski definition) is 8. The van der Waals surface area contributed by atoms with Crippen LogP contribution < -0.4 is 14.8 Å². The monoisotopic (exact) mass is 355 g/mol. The molecular formula is C13H13N3O3S3. The van der Waals surface area contributed by atoms with Crippen LogP contribution in [0, 0.1) is 0 Å². The molecule has 3 rings (SSSR count). The minimum Gasteiger partial charge on any atom is -0.454 e. The van der Waals surface area contributed by atoms with Crippen molar-refractivity contribution in [2.24, 2.45) is 0 Å². The predicted octanol–water partition coefficient (Wildman–Crippen LogP) is 3.11. The first-order valence-corrected chi connectivity index (χ1v) is 9.32. The predicted molar refractivity (Wildman–Crippen MR) is 88.2 cm³/mol. The molecule has 6 nitrogen and oxygen atoms in total. The molecule has 1 aromatic carbocycles. The normalized spacial score (nSPS) is 12.4. The number of amides is 1. The van der Waals surface area contributed by atoms with Crippen LogP contribution in [0.3, 0.4) is 0 Å². The highest BCUT2D eigenvalue weighted by atomic mass is 32.2. The average Bonchev–Trinajstić information content (AvgIpc) is 3.14. The topological polar surface area (TPSA) is 73.3 Å². The molecule has 1 aliphatic heterocycles. The highest BCUT2D eigenvalue weighted by Crippen LogP contribution is 2.34. The second-order valence-electron chi connectivity index (χ2n) is 4.17. The standard InChI is InChI=1S/C13H13N3O3S3/c1-2-20-12-15-16-13(22-12)21-6-11(17)14-8-3-4-9-10(5-8)19-7-18-9/h3-5H,2,6-7H2,1H3,(H,14,17). The Morgan fingerprint density at radius 1 is 1.27 bits per heavy atom. The van der Waals surface area contributed by atoms with Gasteiger partial charge in [-0.15, -0.1) is 10.2 Å². The molecule has 0 fully saturated rings. The molecule has 0 atom stereocenters.